The van der Waals surface area contributed by atoms with Gasteiger partial charge in [-0.05, 0) is 17.7 Å². The number of ether oxygens (including phenoxy) is 1. The fraction of sp³-hybridized carbons (Fsp3) is 0.125. The molecule has 2 heterocycles. The van der Waals surface area contributed by atoms with E-state index in [0.717, 1.165) is 6.07 Å². The van der Waals surface area contributed by atoms with Gasteiger partial charge in [0, 0.05) is 31.2 Å². The third-order valence-electron chi connectivity index (χ3n) is 3.31. The van der Waals surface area contributed by atoms with E-state index in [-0.39, 0.29) is 11.3 Å². The summed E-state index contributed by atoms with van der Waals surface area (Å²) in [4.78, 5) is 12.7. The number of aryl methyl sites for hydroxylation is 1. The second-order valence-corrected chi connectivity index (χ2v) is 5.67. The maximum Gasteiger partial charge on any atom is 0.573 e. The van der Waals surface area contributed by atoms with Crippen LogP contribution in [-0.4, -0.2) is 20.7 Å². The molecule has 5 nitrogen and oxygen atoms in total. The van der Waals surface area contributed by atoms with Crippen LogP contribution in [0.25, 0.3) is 16.8 Å². The van der Waals surface area contributed by atoms with Crippen molar-refractivity contribution >= 4 is 11.6 Å². The second-order valence-electron chi connectivity index (χ2n) is 5.23. The van der Waals surface area contributed by atoms with Crippen molar-refractivity contribution in [3.05, 3.63) is 64.3 Å². The molecule has 0 amide bonds. The number of rotatable bonds is 3. The van der Waals surface area contributed by atoms with Crippen LogP contribution in [0.4, 0.5) is 13.2 Å². The van der Waals surface area contributed by atoms with E-state index in [1.165, 1.54) is 41.5 Å². The molecule has 3 rings (SSSR count). The Labute approximate surface area is 144 Å². The average molecular weight is 370 g/mol. The summed E-state index contributed by atoms with van der Waals surface area (Å²) >= 11 is 5.83. The maximum atomic E-state index is 12.7. The Bertz CT molecular complexity index is 979. The minimum Gasteiger partial charge on any atom is -0.406 e. The summed E-state index contributed by atoms with van der Waals surface area (Å²) in [5.74, 6) is -0.403. The minimum atomic E-state index is -4.81. The first-order valence-electron chi connectivity index (χ1n) is 7.00. The fourth-order valence-corrected chi connectivity index (χ4v) is 2.49. The largest absolute Gasteiger partial charge is 0.573 e. The first kappa shape index (κ1) is 17.1. The van der Waals surface area contributed by atoms with E-state index < -0.39 is 17.5 Å². The summed E-state index contributed by atoms with van der Waals surface area (Å²) < 4.78 is 44.0. The summed E-state index contributed by atoms with van der Waals surface area (Å²) in [5.41, 5.74) is 0.317. The summed E-state index contributed by atoms with van der Waals surface area (Å²) in [6, 6.07) is 5.23. The second kappa shape index (κ2) is 6.29. The number of halogens is 4. The summed E-state index contributed by atoms with van der Waals surface area (Å²) in [5, 5.41) is 4.34. The number of aromatic nitrogens is 3. The van der Waals surface area contributed by atoms with Crippen molar-refractivity contribution < 1.29 is 17.9 Å². The Morgan fingerprint density at radius 1 is 1.20 bits per heavy atom. The lowest BCUT2D eigenvalue weighted by molar-refractivity contribution is -0.274. The van der Waals surface area contributed by atoms with Gasteiger partial charge in [0.15, 0.2) is 0 Å². The molecule has 0 aliphatic carbocycles. The molecule has 0 saturated carbocycles. The van der Waals surface area contributed by atoms with Gasteiger partial charge in [-0.2, -0.15) is 5.10 Å². The quantitative estimate of drug-likeness (QED) is 0.705. The van der Waals surface area contributed by atoms with Crippen molar-refractivity contribution in [1.82, 2.24) is 14.3 Å². The predicted molar refractivity (Wildman–Crippen MR) is 85.9 cm³/mol. The molecule has 0 aliphatic rings. The molecule has 0 atom stereocenters. The molecule has 0 N–H and O–H groups in total. The standard InChI is InChI=1S/C16H11ClF3N3O2/c1-22-8-13(10-3-2-4-12(5-10)25-16(18,19)20)15(24)14(9-22)23-7-11(17)6-21-23/h2-9H,1H3. The summed E-state index contributed by atoms with van der Waals surface area (Å²) in [6.45, 7) is 0. The van der Waals surface area contributed by atoms with Crippen molar-refractivity contribution in [2.45, 2.75) is 6.36 Å². The van der Waals surface area contributed by atoms with E-state index in [1.807, 2.05) is 0 Å². The Morgan fingerprint density at radius 2 is 1.96 bits per heavy atom. The van der Waals surface area contributed by atoms with E-state index in [4.69, 9.17) is 11.6 Å². The van der Waals surface area contributed by atoms with Gasteiger partial charge in [0.1, 0.15) is 11.4 Å². The molecule has 130 valence electrons. The number of benzene rings is 1. The topological polar surface area (TPSA) is 49.0 Å². The third kappa shape index (κ3) is 3.85. The van der Waals surface area contributed by atoms with Crippen LogP contribution in [0.2, 0.25) is 5.02 Å². The number of alkyl halides is 3. The third-order valence-corrected chi connectivity index (χ3v) is 3.51. The molecular weight excluding hydrogens is 359 g/mol. The Kier molecular flexibility index (Phi) is 4.30. The number of pyridine rings is 1. The SMILES string of the molecule is Cn1cc(-c2cccc(OC(F)(F)F)c2)c(=O)c(-n2cc(Cl)cn2)c1. The fourth-order valence-electron chi connectivity index (χ4n) is 2.35. The molecule has 1 aromatic carbocycles. The Balaban J connectivity index is 2.11. The highest BCUT2D eigenvalue weighted by Crippen LogP contribution is 2.27. The van der Waals surface area contributed by atoms with Crippen molar-refractivity contribution in [3.63, 3.8) is 0 Å². The molecule has 25 heavy (non-hydrogen) atoms. The van der Waals surface area contributed by atoms with Crippen molar-refractivity contribution in [1.29, 1.82) is 0 Å². The maximum absolute atomic E-state index is 12.7. The number of nitrogens with zero attached hydrogens (tertiary/aromatic N) is 3. The normalized spacial score (nSPS) is 11.6. The van der Waals surface area contributed by atoms with Gasteiger partial charge < -0.3 is 9.30 Å². The predicted octanol–water partition coefficient (Wildman–Crippen LogP) is 3.79. The molecule has 0 fully saturated rings. The molecule has 0 spiro atoms. The van der Waals surface area contributed by atoms with Crippen LogP contribution in [0, 0.1) is 0 Å². The number of hydrogen-bond donors (Lipinski definition) is 0. The number of hydrogen-bond acceptors (Lipinski definition) is 3. The summed E-state index contributed by atoms with van der Waals surface area (Å²) in [6.07, 6.45) is 1.10. The highest BCUT2D eigenvalue weighted by Gasteiger charge is 2.31. The van der Waals surface area contributed by atoms with Crippen LogP contribution in [0.15, 0.2) is 53.8 Å². The van der Waals surface area contributed by atoms with Gasteiger partial charge in [0.25, 0.3) is 0 Å². The highest BCUT2D eigenvalue weighted by atomic mass is 35.5. The first-order valence-corrected chi connectivity index (χ1v) is 7.38. The van der Waals surface area contributed by atoms with Crippen molar-refractivity contribution in [2.75, 3.05) is 0 Å². The van der Waals surface area contributed by atoms with E-state index >= 15 is 0 Å². The zero-order valence-electron chi connectivity index (χ0n) is 12.8. The van der Waals surface area contributed by atoms with E-state index in [0.29, 0.717) is 10.6 Å². The van der Waals surface area contributed by atoms with Crippen LogP contribution >= 0.6 is 11.6 Å². The van der Waals surface area contributed by atoms with Crippen LogP contribution in [0.3, 0.4) is 0 Å². The smallest absolute Gasteiger partial charge is 0.406 e. The molecule has 0 bridgehead atoms. The van der Waals surface area contributed by atoms with Crippen LogP contribution in [-0.2, 0) is 7.05 Å². The van der Waals surface area contributed by atoms with E-state index in [2.05, 4.69) is 9.84 Å². The average Bonchev–Trinajstić information content (AvgIpc) is 2.94. The van der Waals surface area contributed by atoms with E-state index in [9.17, 15) is 18.0 Å². The monoisotopic (exact) mass is 369 g/mol. The zero-order chi connectivity index (χ0) is 18.2. The highest BCUT2D eigenvalue weighted by molar-refractivity contribution is 6.30. The van der Waals surface area contributed by atoms with Crippen molar-refractivity contribution in [3.8, 4) is 22.6 Å². The molecule has 3 aromatic rings. The molecule has 0 saturated heterocycles. The van der Waals surface area contributed by atoms with Gasteiger partial charge in [-0.15, -0.1) is 13.2 Å². The van der Waals surface area contributed by atoms with Gasteiger partial charge in [-0.1, -0.05) is 23.7 Å². The van der Waals surface area contributed by atoms with Gasteiger partial charge >= 0.3 is 6.36 Å². The lowest BCUT2D eigenvalue weighted by atomic mass is 10.1. The molecule has 2 aromatic heterocycles. The molecule has 9 heteroatoms. The van der Waals surface area contributed by atoms with Gasteiger partial charge in [0.05, 0.1) is 11.2 Å². The van der Waals surface area contributed by atoms with E-state index in [1.54, 1.807) is 17.8 Å². The molecule has 0 aliphatic heterocycles. The Morgan fingerprint density at radius 3 is 2.60 bits per heavy atom. The zero-order valence-corrected chi connectivity index (χ0v) is 13.5. The van der Waals surface area contributed by atoms with Gasteiger partial charge in [0.2, 0.25) is 5.43 Å². The molecule has 0 unspecified atom stereocenters. The molecule has 0 radical (unpaired) electrons. The van der Waals surface area contributed by atoms with Crippen LogP contribution < -0.4 is 10.2 Å². The summed E-state index contributed by atoms with van der Waals surface area (Å²) in [7, 11) is 1.69. The molecular formula is C16H11ClF3N3O2. The van der Waals surface area contributed by atoms with Crippen LogP contribution in [0.1, 0.15) is 0 Å². The first-order chi connectivity index (χ1) is 11.7. The lowest BCUT2D eigenvalue weighted by Gasteiger charge is -2.11. The lowest BCUT2D eigenvalue weighted by Crippen LogP contribution is -2.18. The van der Waals surface area contributed by atoms with Gasteiger partial charge in [-0.25, -0.2) is 4.68 Å². The Hall–Kier alpha value is -2.74. The van der Waals surface area contributed by atoms with Crippen molar-refractivity contribution in [2.24, 2.45) is 7.05 Å². The van der Waals surface area contributed by atoms with Crippen LogP contribution in [0.5, 0.6) is 5.75 Å². The van der Waals surface area contributed by atoms with Gasteiger partial charge in [-0.3, -0.25) is 4.79 Å². The minimum absolute atomic E-state index is 0.208.